The van der Waals surface area contributed by atoms with Gasteiger partial charge in [0, 0.05) is 19.3 Å². The summed E-state index contributed by atoms with van der Waals surface area (Å²) < 4.78 is 5.42. The second-order valence-corrected chi connectivity index (χ2v) is 8.58. The Kier molecular flexibility index (Phi) is 5.89. The molecule has 0 spiro atoms. The SMILES string of the molecule is COCC(C1CC1)N1CC(Br)N(C)C(Nc2cc(C)c(C)nc2C)C1=O. The lowest BCUT2D eigenvalue weighted by molar-refractivity contribution is -0.145. The summed E-state index contributed by atoms with van der Waals surface area (Å²) in [4.78, 5) is 22.1. The molecule has 1 aromatic heterocycles. The fourth-order valence-corrected chi connectivity index (χ4v) is 4.14. The summed E-state index contributed by atoms with van der Waals surface area (Å²) >= 11 is 3.74. The van der Waals surface area contributed by atoms with Crippen LogP contribution in [0.3, 0.4) is 0 Å². The molecule has 2 aliphatic rings. The van der Waals surface area contributed by atoms with Crippen molar-refractivity contribution in [2.24, 2.45) is 5.92 Å². The molecule has 0 bridgehead atoms. The Morgan fingerprint density at radius 1 is 1.35 bits per heavy atom. The number of nitrogens with one attached hydrogen (secondary N) is 1. The van der Waals surface area contributed by atoms with Crippen LogP contribution in [-0.4, -0.2) is 65.2 Å². The van der Waals surface area contributed by atoms with Crippen LogP contribution in [0.15, 0.2) is 6.07 Å². The van der Waals surface area contributed by atoms with Crippen LogP contribution < -0.4 is 5.32 Å². The largest absolute Gasteiger partial charge is 0.383 e. The maximum absolute atomic E-state index is 13.3. The van der Waals surface area contributed by atoms with E-state index in [2.05, 4.69) is 32.3 Å². The molecule has 1 amide bonds. The minimum absolute atomic E-state index is 0.0932. The first-order valence-corrected chi connectivity index (χ1v) is 10.1. The van der Waals surface area contributed by atoms with Crippen molar-refractivity contribution in [1.82, 2.24) is 14.8 Å². The fourth-order valence-electron chi connectivity index (χ4n) is 3.59. The van der Waals surface area contributed by atoms with E-state index in [1.54, 1.807) is 7.11 Å². The predicted molar refractivity (Wildman–Crippen MR) is 106 cm³/mol. The van der Waals surface area contributed by atoms with E-state index < -0.39 is 6.17 Å². The van der Waals surface area contributed by atoms with Gasteiger partial charge in [-0.15, -0.1) is 0 Å². The van der Waals surface area contributed by atoms with Crippen LogP contribution >= 0.6 is 15.9 Å². The Bertz CT molecular complexity index is 680. The van der Waals surface area contributed by atoms with E-state index in [1.165, 1.54) is 12.8 Å². The maximum atomic E-state index is 13.3. The molecular formula is C19H29BrN4O2. The molecule has 7 heteroatoms. The van der Waals surface area contributed by atoms with Crippen molar-refractivity contribution < 1.29 is 9.53 Å². The highest BCUT2D eigenvalue weighted by Crippen LogP contribution is 2.37. The number of halogens is 1. The van der Waals surface area contributed by atoms with Crippen molar-refractivity contribution in [1.29, 1.82) is 0 Å². The van der Waals surface area contributed by atoms with Crippen LogP contribution in [0.25, 0.3) is 0 Å². The Hall–Kier alpha value is -1.18. The molecule has 2 fully saturated rings. The fraction of sp³-hybridized carbons (Fsp3) is 0.684. The Morgan fingerprint density at radius 3 is 2.65 bits per heavy atom. The van der Waals surface area contributed by atoms with E-state index in [0.29, 0.717) is 19.1 Å². The van der Waals surface area contributed by atoms with Crippen LogP contribution in [-0.2, 0) is 9.53 Å². The number of ether oxygens (including phenoxy) is 1. The van der Waals surface area contributed by atoms with Gasteiger partial charge in [-0.2, -0.15) is 0 Å². The molecule has 1 saturated heterocycles. The number of pyridine rings is 1. The zero-order valence-electron chi connectivity index (χ0n) is 16.3. The molecule has 0 aromatic carbocycles. The number of piperazine rings is 1. The van der Waals surface area contributed by atoms with Gasteiger partial charge < -0.3 is 15.0 Å². The number of aromatic nitrogens is 1. The molecule has 0 radical (unpaired) electrons. The van der Waals surface area contributed by atoms with E-state index >= 15 is 0 Å². The third-order valence-electron chi connectivity index (χ3n) is 5.57. The van der Waals surface area contributed by atoms with E-state index in [-0.39, 0.29) is 16.9 Å². The lowest BCUT2D eigenvalue weighted by Gasteiger charge is -2.45. The van der Waals surface area contributed by atoms with Crippen LogP contribution in [0.2, 0.25) is 0 Å². The molecular weight excluding hydrogens is 396 g/mol. The number of anilines is 1. The number of amides is 1. The first kappa shape index (κ1) is 19.6. The molecule has 1 N–H and O–H groups in total. The number of hydrogen-bond acceptors (Lipinski definition) is 5. The third kappa shape index (κ3) is 3.89. The van der Waals surface area contributed by atoms with Crippen molar-refractivity contribution in [3.63, 3.8) is 0 Å². The van der Waals surface area contributed by atoms with E-state index in [0.717, 1.165) is 22.6 Å². The van der Waals surface area contributed by atoms with E-state index in [4.69, 9.17) is 4.74 Å². The van der Waals surface area contributed by atoms with Crippen molar-refractivity contribution >= 4 is 27.5 Å². The highest BCUT2D eigenvalue weighted by molar-refractivity contribution is 9.09. The van der Waals surface area contributed by atoms with Gasteiger partial charge in [0.25, 0.3) is 5.91 Å². The number of alkyl halides is 1. The number of likely N-dealkylation sites (N-methyl/N-ethyl adjacent to an activating group) is 1. The summed E-state index contributed by atoms with van der Waals surface area (Å²) in [7, 11) is 3.68. The molecule has 2 heterocycles. The molecule has 1 saturated carbocycles. The minimum atomic E-state index is -0.422. The minimum Gasteiger partial charge on any atom is -0.383 e. The number of nitrogens with zero attached hydrogens (tertiary/aromatic N) is 3. The molecule has 6 nitrogen and oxygen atoms in total. The molecule has 144 valence electrons. The normalized spacial score (nSPS) is 25.5. The van der Waals surface area contributed by atoms with Gasteiger partial charge >= 0.3 is 0 Å². The smallest absolute Gasteiger partial charge is 0.260 e. The van der Waals surface area contributed by atoms with Gasteiger partial charge in [-0.25, -0.2) is 0 Å². The van der Waals surface area contributed by atoms with Crippen LogP contribution in [0.1, 0.15) is 29.8 Å². The first-order valence-electron chi connectivity index (χ1n) is 9.20. The predicted octanol–water partition coefficient (Wildman–Crippen LogP) is 2.66. The quantitative estimate of drug-likeness (QED) is 0.561. The molecule has 3 rings (SSSR count). The van der Waals surface area contributed by atoms with Crippen LogP contribution in [0, 0.1) is 26.7 Å². The summed E-state index contributed by atoms with van der Waals surface area (Å²) in [5, 5.41) is 3.43. The summed E-state index contributed by atoms with van der Waals surface area (Å²) in [6.07, 6.45) is 1.94. The van der Waals surface area contributed by atoms with Gasteiger partial charge in [0.15, 0.2) is 6.17 Å². The summed E-state index contributed by atoms with van der Waals surface area (Å²) in [5.74, 6) is 0.669. The second kappa shape index (κ2) is 7.82. The Morgan fingerprint density at radius 2 is 2.04 bits per heavy atom. The third-order valence-corrected chi connectivity index (χ3v) is 6.50. The van der Waals surface area contributed by atoms with E-state index in [9.17, 15) is 4.79 Å². The van der Waals surface area contributed by atoms with Gasteiger partial charge in [-0.1, -0.05) is 15.9 Å². The number of aryl methyl sites for hydroxylation is 3. The van der Waals surface area contributed by atoms with Gasteiger partial charge in [0.2, 0.25) is 0 Å². The lowest BCUT2D eigenvalue weighted by atomic mass is 10.1. The van der Waals surface area contributed by atoms with E-state index in [1.807, 2.05) is 37.6 Å². The van der Waals surface area contributed by atoms with Crippen molar-refractivity contribution in [3.8, 4) is 0 Å². The van der Waals surface area contributed by atoms with Gasteiger partial charge in [0.1, 0.15) is 0 Å². The number of carbonyl (C=O) groups is 1. The lowest BCUT2D eigenvalue weighted by Crippen LogP contribution is -2.64. The van der Waals surface area contributed by atoms with Gasteiger partial charge in [-0.05, 0) is 58.2 Å². The summed E-state index contributed by atoms with van der Waals surface area (Å²) in [5.41, 5.74) is 3.96. The summed E-state index contributed by atoms with van der Waals surface area (Å²) in [6.45, 7) is 7.29. The average molecular weight is 425 g/mol. The van der Waals surface area contributed by atoms with Crippen LogP contribution in [0.5, 0.6) is 0 Å². The monoisotopic (exact) mass is 424 g/mol. The van der Waals surface area contributed by atoms with Gasteiger partial charge in [-0.3, -0.25) is 14.7 Å². The molecule has 3 unspecified atom stereocenters. The summed E-state index contributed by atoms with van der Waals surface area (Å²) in [6, 6.07) is 2.23. The topological polar surface area (TPSA) is 57.7 Å². The molecule has 1 aromatic rings. The highest BCUT2D eigenvalue weighted by atomic mass is 79.9. The zero-order chi connectivity index (χ0) is 19.0. The van der Waals surface area contributed by atoms with Crippen LogP contribution in [0.4, 0.5) is 5.69 Å². The highest BCUT2D eigenvalue weighted by Gasteiger charge is 2.45. The molecule has 3 atom stereocenters. The number of hydrogen-bond donors (Lipinski definition) is 1. The Labute approximate surface area is 164 Å². The number of carbonyl (C=O) groups excluding carboxylic acids is 1. The molecule has 1 aliphatic carbocycles. The van der Waals surface area contributed by atoms with Gasteiger partial charge in [0.05, 0.1) is 29.0 Å². The van der Waals surface area contributed by atoms with Crippen molar-refractivity contribution in [2.45, 2.75) is 50.8 Å². The first-order chi connectivity index (χ1) is 12.3. The molecule has 1 aliphatic heterocycles. The number of rotatable bonds is 6. The number of methoxy groups -OCH3 is 1. The molecule has 26 heavy (non-hydrogen) atoms. The maximum Gasteiger partial charge on any atom is 0.260 e. The van der Waals surface area contributed by atoms with Crippen molar-refractivity contribution in [3.05, 3.63) is 23.0 Å². The van der Waals surface area contributed by atoms with Crippen molar-refractivity contribution in [2.75, 3.05) is 32.6 Å². The Balaban J connectivity index is 1.85. The zero-order valence-corrected chi connectivity index (χ0v) is 17.8. The second-order valence-electron chi connectivity index (χ2n) is 7.52. The standard InChI is InChI=1S/C19H29BrN4O2/c1-11-8-15(13(3)21-12(11)2)22-18-19(25)24(9-17(20)23(18)4)16(10-26-5)14-6-7-14/h8,14,16-18,22H,6-7,9-10H2,1-5H3. The average Bonchev–Trinajstić information content (AvgIpc) is 3.42.